The molecule has 0 aromatic heterocycles. The van der Waals surface area contributed by atoms with Crippen LogP contribution >= 0.6 is 11.6 Å². The maximum absolute atomic E-state index is 5.91. The van der Waals surface area contributed by atoms with Crippen LogP contribution in [-0.4, -0.2) is 5.38 Å². The Bertz CT molecular complexity index is 205. The van der Waals surface area contributed by atoms with Gasteiger partial charge in [0.25, 0.3) is 0 Å². The van der Waals surface area contributed by atoms with Gasteiger partial charge >= 0.3 is 0 Å². The number of hydrogen-bond donors (Lipinski definition) is 0. The first-order chi connectivity index (χ1) is 5.33. The molecule has 1 heteroatoms. The predicted octanol–water partition coefficient (Wildman–Crippen LogP) is 3.12. The zero-order chi connectivity index (χ0) is 8.10. The van der Waals surface area contributed by atoms with Crippen molar-refractivity contribution < 1.29 is 0 Å². The van der Waals surface area contributed by atoms with Gasteiger partial charge in [0, 0.05) is 6.42 Å². The topological polar surface area (TPSA) is 0 Å². The average molecular weight is 169 g/mol. The summed E-state index contributed by atoms with van der Waals surface area (Å²) < 4.78 is 0. The first kappa shape index (κ1) is 8.68. The number of allylic oxidation sites excluding steroid dienone is 2. The fourth-order valence-electron chi connectivity index (χ4n) is 1.30. The highest BCUT2D eigenvalue weighted by molar-refractivity contribution is 6.22. The quantitative estimate of drug-likeness (QED) is 0.338. The summed E-state index contributed by atoms with van der Waals surface area (Å²) in [6.45, 7) is 1.88. The molecule has 0 amide bonds. The van der Waals surface area contributed by atoms with E-state index in [-0.39, 0.29) is 0 Å². The van der Waals surface area contributed by atoms with Crippen molar-refractivity contribution in [3.05, 3.63) is 11.6 Å². The Morgan fingerprint density at radius 2 is 2.55 bits per heavy atom. The van der Waals surface area contributed by atoms with E-state index in [1.54, 1.807) is 0 Å². The molecule has 1 rings (SSSR count). The molecule has 0 heterocycles. The van der Waals surface area contributed by atoms with Crippen molar-refractivity contribution in [2.75, 3.05) is 0 Å². The molecule has 60 valence electrons. The van der Waals surface area contributed by atoms with Crippen LogP contribution in [0.1, 0.15) is 32.6 Å². The molecule has 0 nitrogen and oxygen atoms in total. The van der Waals surface area contributed by atoms with Gasteiger partial charge in [0.1, 0.15) is 0 Å². The first-order valence-corrected chi connectivity index (χ1v) is 4.50. The molecule has 0 spiro atoms. The third-order valence-corrected chi connectivity index (χ3v) is 2.25. The molecule has 0 fully saturated rings. The van der Waals surface area contributed by atoms with Crippen LogP contribution in [0.4, 0.5) is 0 Å². The Labute approximate surface area is 73.6 Å². The summed E-state index contributed by atoms with van der Waals surface area (Å²) in [5, 5.41) is 0.291. The van der Waals surface area contributed by atoms with Gasteiger partial charge in [-0.15, -0.1) is 23.4 Å². The van der Waals surface area contributed by atoms with Crippen molar-refractivity contribution in [2.45, 2.75) is 38.0 Å². The lowest BCUT2D eigenvalue weighted by Crippen LogP contribution is -1.81. The second-order valence-electron chi connectivity index (χ2n) is 2.81. The average Bonchev–Trinajstić information content (AvgIpc) is 2.37. The Balaban J connectivity index is 2.25. The van der Waals surface area contributed by atoms with Gasteiger partial charge in [0.2, 0.25) is 0 Å². The SMILES string of the molecule is CC#CCCC1=CC(Cl)CC1. The van der Waals surface area contributed by atoms with Crippen LogP contribution in [0, 0.1) is 11.8 Å². The summed E-state index contributed by atoms with van der Waals surface area (Å²) >= 11 is 5.91. The number of halogens is 1. The van der Waals surface area contributed by atoms with E-state index in [1.165, 1.54) is 12.0 Å². The molecular weight excluding hydrogens is 156 g/mol. The summed E-state index contributed by atoms with van der Waals surface area (Å²) in [6.07, 6.45) is 6.59. The van der Waals surface area contributed by atoms with E-state index < -0.39 is 0 Å². The monoisotopic (exact) mass is 168 g/mol. The summed E-state index contributed by atoms with van der Waals surface area (Å²) in [7, 11) is 0. The summed E-state index contributed by atoms with van der Waals surface area (Å²) in [5.41, 5.74) is 1.49. The Hall–Kier alpha value is -0.410. The van der Waals surface area contributed by atoms with Crippen LogP contribution in [0.15, 0.2) is 11.6 Å². The minimum Gasteiger partial charge on any atom is -0.118 e. The van der Waals surface area contributed by atoms with E-state index in [1.807, 2.05) is 6.92 Å². The van der Waals surface area contributed by atoms with Crippen LogP contribution in [0.3, 0.4) is 0 Å². The lowest BCUT2D eigenvalue weighted by Gasteiger charge is -1.93. The van der Waals surface area contributed by atoms with Gasteiger partial charge in [-0.3, -0.25) is 0 Å². The molecule has 0 N–H and O–H groups in total. The third-order valence-electron chi connectivity index (χ3n) is 1.91. The molecule has 0 saturated carbocycles. The molecular formula is C10H13Cl. The van der Waals surface area contributed by atoms with E-state index in [4.69, 9.17) is 11.6 Å². The standard InChI is InChI=1S/C10H13Cl/c1-2-3-4-5-9-6-7-10(11)8-9/h8,10H,4-7H2,1H3. The fraction of sp³-hybridized carbons (Fsp3) is 0.600. The highest BCUT2D eigenvalue weighted by atomic mass is 35.5. The van der Waals surface area contributed by atoms with E-state index in [0.29, 0.717) is 5.38 Å². The van der Waals surface area contributed by atoms with E-state index in [2.05, 4.69) is 17.9 Å². The number of hydrogen-bond acceptors (Lipinski definition) is 0. The first-order valence-electron chi connectivity index (χ1n) is 4.06. The smallest absolute Gasteiger partial charge is 0.0521 e. The van der Waals surface area contributed by atoms with Crippen molar-refractivity contribution in [2.24, 2.45) is 0 Å². The maximum Gasteiger partial charge on any atom is 0.0521 e. The summed E-state index contributed by atoms with van der Waals surface area (Å²) in [4.78, 5) is 0. The van der Waals surface area contributed by atoms with Gasteiger partial charge in [-0.1, -0.05) is 11.6 Å². The zero-order valence-corrected chi connectivity index (χ0v) is 7.62. The summed E-state index contributed by atoms with van der Waals surface area (Å²) in [6, 6.07) is 0. The maximum atomic E-state index is 5.91. The highest BCUT2D eigenvalue weighted by Gasteiger charge is 2.11. The van der Waals surface area contributed by atoms with Gasteiger partial charge in [0.05, 0.1) is 5.38 Å². The van der Waals surface area contributed by atoms with Gasteiger partial charge in [-0.2, -0.15) is 0 Å². The second kappa shape index (κ2) is 4.46. The van der Waals surface area contributed by atoms with Crippen LogP contribution in [-0.2, 0) is 0 Å². The van der Waals surface area contributed by atoms with Crippen LogP contribution < -0.4 is 0 Å². The van der Waals surface area contributed by atoms with Crippen molar-refractivity contribution in [1.29, 1.82) is 0 Å². The van der Waals surface area contributed by atoms with Gasteiger partial charge in [-0.25, -0.2) is 0 Å². The Morgan fingerprint density at radius 1 is 1.73 bits per heavy atom. The molecule has 0 aromatic carbocycles. The molecule has 1 aliphatic rings. The minimum absolute atomic E-state index is 0.291. The van der Waals surface area contributed by atoms with Crippen molar-refractivity contribution in [1.82, 2.24) is 0 Å². The van der Waals surface area contributed by atoms with Crippen LogP contribution in [0.2, 0.25) is 0 Å². The highest BCUT2D eigenvalue weighted by Crippen LogP contribution is 2.25. The Kier molecular flexibility index (Phi) is 3.52. The number of rotatable bonds is 2. The molecule has 0 radical (unpaired) electrons. The number of alkyl halides is 1. The van der Waals surface area contributed by atoms with Crippen molar-refractivity contribution >= 4 is 11.6 Å². The van der Waals surface area contributed by atoms with E-state index in [0.717, 1.165) is 19.3 Å². The largest absolute Gasteiger partial charge is 0.118 e. The van der Waals surface area contributed by atoms with Gasteiger partial charge in [0.15, 0.2) is 0 Å². The molecule has 0 bridgehead atoms. The molecule has 0 aliphatic heterocycles. The predicted molar refractivity (Wildman–Crippen MR) is 49.6 cm³/mol. The molecule has 1 unspecified atom stereocenters. The lowest BCUT2D eigenvalue weighted by molar-refractivity contribution is 0.865. The van der Waals surface area contributed by atoms with E-state index >= 15 is 0 Å². The van der Waals surface area contributed by atoms with Crippen LogP contribution in [0.25, 0.3) is 0 Å². The normalized spacial score (nSPS) is 22.4. The van der Waals surface area contributed by atoms with E-state index in [9.17, 15) is 0 Å². The van der Waals surface area contributed by atoms with Crippen LogP contribution in [0.5, 0.6) is 0 Å². The summed E-state index contributed by atoms with van der Waals surface area (Å²) in [5.74, 6) is 5.95. The fourth-order valence-corrected chi connectivity index (χ4v) is 1.59. The molecule has 1 atom stereocenters. The van der Waals surface area contributed by atoms with Crippen molar-refractivity contribution in [3.63, 3.8) is 0 Å². The molecule has 1 aliphatic carbocycles. The Morgan fingerprint density at radius 3 is 3.09 bits per heavy atom. The zero-order valence-electron chi connectivity index (χ0n) is 6.86. The molecule has 0 aromatic rings. The minimum atomic E-state index is 0.291. The third kappa shape index (κ3) is 2.99. The van der Waals surface area contributed by atoms with Gasteiger partial charge < -0.3 is 0 Å². The molecule has 11 heavy (non-hydrogen) atoms. The second-order valence-corrected chi connectivity index (χ2v) is 3.37. The lowest BCUT2D eigenvalue weighted by atomic mass is 10.1. The molecule has 0 saturated heterocycles. The van der Waals surface area contributed by atoms with Gasteiger partial charge in [-0.05, 0) is 26.2 Å². The van der Waals surface area contributed by atoms with Crippen molar-refractivity contribution in [3.8, 4) is 11.8 Å².